The normalized spacial score (nSPS) is 12.3. The van der Waals surface area contributed by atoms with Crippen LogP contribution in [-0.2, 0) is 26.2 Å². The summed E-state index contributed by atoms with van der Waals surface area (Å²) in [7, 11) is 0. The minimum atomic E-state index is 0. The molecule has 0 fully saturated rings. The van der Waals surface area contributed by atoms with Crippen LogP contribution in [0.2, 0.25) is 0 Å². The molecule has 0 nitrogen and oxygen atoms in total. The molecule has 0 aromatic heterocycles. The molecular formula is C8H13Cl2Zr-. The molecule has 1 aliphatic carbocycles. The van der Waals surface area contributed by atoms with Gasteiger partial charge in [0.05, 0.1) is 0 Å². The third kappa shape index (κ3) is 7.31. The average Bonchev–Trinajstić information content (AvgIpc) is 2.19. The summed E-state index contributed by atoms with van der Waals surface area (Å²) in [6.45, 7) is 2.20. The fraction of sp³-hybridized carbons (Fsp3) is 0.500. The predicted octanol–water partition coefficient (Wildman–Crippen LogP) is 3.32. The van der Waals surface area contributed by atoms with E-state index in [1.54, 1.807) is 0 Å². The fourth-order valence-corrected chi connectivity index (χ4v) is 0.902. The maximum Gasteiger partial charge on any atom is 0 e. The third-order valence-corrected chi connectivity index (χ3v) is 1.31. The van der Waals surface area contributed by atoms with Gasteiger partial charge in [-0.25, -0.2) is 11.6 Å². The van der Waals surface area contributed by atoms with Crippen LogP contribution in [0.5, 0.6) is 0 Å². The van der Waals surface area contributed by atoms with Crippen LogP contribution in [0.15, 0.2) is 17.7 Å². The zero-order chi connectivity index (χ0) is 5.82. The average molecular weight is 271 g/mol. The smallest absolute Gasteiger partial charge is 0 e. The first-order chi connectivity index (χ1) is 3.93. The van der Waals surface area contributed by atoms with Crippen LogP contribution in [0, 0.1) is 6.08 Å². The van der Waals surface area contributed by atoms with E-state index >= 15 is 0 Å². The zero-order valence-electron chi connectivity index (χ0n) is 6.59. The number of allylic oxidation sites excluding steroid dienone is 4. The zero-order valence-corrected chi connectivity index (χ0v) is 10.7. The van der Waals surface area contributed by atoms with E-state index in [2.05, 4.69) is 25.2 Å². The van der Waals surface area contributed by atoms with Crippen molar-refractivity contribution < 1.29 is 26.2 Å². The maximum atomic E-state index is 3.14. The summed E-state index contributed by atoms with van der Waals surface area (Å²) in [6, 6.07) is 0. The van der Waals surface area contributed by atoms with E-state index < -0.39 is 0 Å². The summed E-state index contributed by atoms with van der Waals surface area (Å²) < 4.78 is 0. The van der Waals surface area contributed by atoms with Gasteiger partial charge in [-0.05, 0) is 0 Å². The molecule has 0 aromatic rings. The first kappa shape index (κ1) is 17.9. The second-order valence-corrected chi connectivity index (χ2v) is 2.08. The van der Waals surface area contributed by atoms with Crippen LogP contribution >= 0.6 is 24.8 Å². The first-order valence-electron chi connectivity index (χ1n) is 3.19. The Morgan fingerprint density at radius 2 is 2.09 bits per heavy atom. The molecule has 0 spiro atoms. The van der Waals surface area contributed by atoms with Crippen LogP contribution in [0.4, 0.5) is 0 Å². The predicted molar refractivity (Wildman–Crippen MR) is 49.9 cm³/mol. The summed E-state index contributed by atoms with van der Waals surface area (Å²) in [5, 5.41) is 0. The van der Waals surface area contributed by atoms with Crippen molar-refractivity contribution in [2.24, 2.45) is 0 Å². The van der Waals surface area contributed by atoms with E-state index in [9.17, 15) is 0 Å². The van der Waals surface area contributed by atoms with Gasteiger partial charge in [0, 0.05) is 26.2 Å². The topological polar surface area (TPSA) is 0 Å². The molecular weight excluding hydrogens is 258 g/mol. The van der Waals surface area contributed by atoms with Crippen molar-refractivity contribution in [3.05, 3.63) is 23.8 Å². The number of hydrogen-bond acceptors (Lipinski definition) is 0. The molecule has 0 amide bonds. The quantitative estimate of drug-likeness (QED) is 0.676. The molecule has 0 unspecified atom stereocenters. The van der Waals surface area contributed by atoms with Gasteiger partial charge in [0.2, 0.25) is 0 Å². The molecule has 1 aliphatic rings. The van der Waals surface area contributed by atoms with Gasteiger partial charge in [-0.2, -0.15) is 6.08 Å². The molecule has 0 atom stereocenters. The molecule has 1 rings (SSSR count). The Hall–Kier alpha value is 0.943. The van der Waals surface area contributed by atoms with Crippen molar-refractivity contribution in [2.45, 2.75) is 26.2 Å². The molecule has 0 aromatic carbocycles. The van der Waals surface area contributed by atoms with Crippen molar-refractivity contribution in [2.75, 3.05) is 0 Å². The van der Waals surface area contributed by atoms with Gasteiger partial charge in [-0.1, -0.05) is 19.8 Å². The van der Waals surface area contributed by atoms with Gasteiger partial charge in [0.25, 0.3) is 0 Å². The van der Waals surface area contributed by atoms with E-state index in [-0.39, 0.29) is 51.0 Å². The summed E-state index contributed by atoms with van der Waals surface area (Å²) in [5.41, 5.74) is 1.47. The van der Waals surface area contributed by atoms with Gasteiger partial charge >= 0.3 is 0 Å². The standard InChI is InChI=1S/C8H11.2ClH.Zr/c1-2-5-8-6-3-4-7-8;;;/h6-7H,2-3,5H2,1H3;2*1H;/q-1;;;. The summed E-state index contributed by atoms with van der Waals surface area (Å²) in [6.07, 6.45) is 11.0. The summed E-state index contributed by atoms with van der Waals surface area (Å²) >= 11 is 0. The van der Waals surface area contributed by atoms with Crippen molar-refractivity contribution >= 4 is 24.8 Å². The van der Waals surface area contributed by atoms with Gasteiger partial charge in [-0.15, -0.1) is 31.2 Å². The van der Waals surface area contributed by atoms with Crippen LogP contribution < -0.4 is 0 Å². The van der Waals surface area contributed by atoms with Crippen LogP contribution in [0.3, 0.4) is 0 Å². The largest absolute Gasteiger partial charge is 0.273 e. The Morgan fingerprint density at radius 3 is 2.45 bits per heavy atom. The Bertz CT molecular complexity index is 130. The van der Waals surface area contributed by atoms with Crippen LogP contribution in [0.25, 0.3) is 0 Å². The fourth-order valence-electron chi connectivity index (χ4n) is 0.902. The van der Waals surface area contributed by atoms with E-state index in [1.165, 1.54) is 18.4 Å². The van der Waals surface area contributed by atoms with Gasteiger partial charge in [0.1, 0.15) is 0 Å². The van der Waals surface area contributed by atoms with Gasteiger partial charge in [-0.3, -0.25) is 6.08 Å². The molecule has 0 radical (unpaired) electrons. The molecule has 0 N–H and O–H groups in total. The first-order valence-corrected chi connectivity index (χ1v) is 3.19. The molecule has 0 saturated heterocycles. The molecule has 11 heavy (non-hydrogen) atoms. The Kier molecular flexibility index (Phi) is 17.8. The Labute approximate surface area is 100 Å². The van der Waals surface area contributed by atoms with Crippen molar-refractivity contribution in [3.8, 4) is 0 Å². The van der Waals surface area contributed by atoms with Crippen molar-refractivity contribution in [1.29, 1.82) is 0 Å². The minimum Gasteiger partial charge on any atom is -0.273 e. The second kappa shape index (κ2) is 10.9. The number of rotatable bonds is 2. The van der Waals surface area contributed by atoms with E-state index in [4.69, 9.17) is 0 Å². The van der Waals surface area contributed by atoms with E-state index in [1.807, 2.05) is 0 Å². The SMILES string of the molecule is CCCC1=CC[C-]=C1.Cl.Cl.[Zr]. The number of halogens is 2. The molecule has 0 heterocycles. The van der Waals surface area contributed by atoms with Crippen LogP contribution in [-0.4, -0.2) is 0 Å². The molecule has 3 heteroatoms. The minimum absolute atomic E-state index is 0. The molecule has 0 saturated carbocycles. The summed E-state index contributed by atoms with van der Waals surface area (Å²) in [4.78, 5) is 0. The Balaban J connectivity index is -0.000000213. The van der Waals surface area contributed by atoms with Gasteiger partial charge in [0.15, 0.2) is 0 Å². The van der Waals surface area contributed by atoms with Crippen molar-refractivity contribution in [1.82, 2.24) is 0 Å². The van der Waals surface area contributed by atoms with E-state index in [0.29, 0.717) is 0 Å². The third-order valence-electron chi connectivity index (χ3n) is 1.31. The summed E-state index contributed by atoms with van der Waals surface area (Å²) in [5.74, 6) is 0. The number of hydrogen-bond donors (Lipinski definition) is 0. The van der Waals surface area contributed by atoms with Crippen molar-refractivity contribution in [3.63, 3.8) is 0 Å². The molecule has 0 aliphatic heterocycles. The Morgan fingerprint density at radius 1 is 1.45 bits per heavy atom. The van der Waals surface area contributed by atoms with E-state index in [0.717, 1.165) is 6.42 Å². The molecule has 64 valence electrons. The second-order valence-electron chi connectivity index (χ2n) is 2.08. The van der Waals surface area contributed by atoms with Gasteiger partial charge < -0.3 is 0 Å². The monoisotopic (exact) mass is 269 g/mol. The van der Waals surface area contributed by atoms with Crippen LogP contribution in [0.1, 0.15) is 26.2 Å². The molecule has 0 bridgehead atoms. The maximum absolute atomic E-state index is 3.14.